The van der Waals surface area contributed by atoms with Gasteiger partial charge in [-0.3, -0.25) is 0 Å². The SMILES string of the molecule is CC[C@H]1O[C@@H](/C(C)=C/[C@H](C)/C=C/[C@@H]2C[C@H]2/C=C/[C@@H]2O[C@H](CCO[Si](c3ccccc3)(c3ccccc3)C(C)(C)C)C[C@H](O[Si](C)(C)C(C)(C)C)[C@H]2O[Si](C)(C)C(C)(C)C)CC=C1C. The van der Waals surface area contributed by atoms with Crippen LogP contribution in [-0.2, 0) is 22.8 Å². The topological polar surface area (TPSA) is 46.2 Å². The molecular weight excluding hydrogens is 825 g/mol. The molecule has 0 radical (unpaired) electrons. The molecule has 5 rings (SSSR count). The zero-order chi connectivity index (χ0) is 46.6. The van der Waals surface area contributed by atoms with E-state index >= 15 is 0 Å². The van der Waals surface area contributed by atoms with Crippen molar-refractivity contribution in [2.45, 2.75) is 200 Å². The van der Waals surface area contributed by atoms with E-state index in [2.05, 4.69) is 213 Å². The molecule has 0 aromatic heterocycles. The van der Waals surface area contributed by atoms with Crippen LogP contribution in [0.3, 0.4) is 0 Å². The van der Waals surface area contributed by atoms with Crippen LogP contribution in [0.25, 0.3) is 0 Å². The van der Waals surface area contributed by atoms with Gasteiger partial charge in [0.1, 0.15) is 6.10 Å². The number of rotatable bonds is 17. The van der Waals surface area contributed by atoms with Crippen molar-refractivity contribution in [3.63, 3.8) is 0 Å². The molecule has 0 bridgehead atoms. The Hall–Kier alpha value is -2.15. The smallest absolute Gasteiger partial charge is 0.261 e. The van der Waals surface area contributed by atoms with Crippen LogP contribution in [0.5, 0.6) is 0 Å². The van der Waals surface area contributed by atoms with Crippen molar-refractivity contribution >= 4 is 35.3 Å². The molecule has 2 aliphatic heterocycles. The first-order valence-corrected chi connectivity index (χ1v) is 32.1. The third-order valence-electron chi connectivity index (χ3n) is 15.2. The first-order valence-electron chi connectivity index (χ1n) is 24.4. The van der Waals surface area contributed by atoms with E-state index < -0.39 is 25.0 Å². The maximum absolute atomic E-state index is 7.48. The maximum Gasteiger partial charge on any atom is 0.261 e. The fourth-order valence-electron chi connectivity index (χ4n) is 9.06. The third kappa shape index (κ3) is 12.9. The lowest BCUT2D eigenvalue weighted by atomic mass is 9.95. The van der Waals surface area contributed by atoms with Crippen molar-refractivity contribution in [3.05, 3.63) is 108 Å². The molecule has 3 aliphatic rings. The Balaban J connectivity index is 1.40. The second-order valence-corrected chi connectivity index (χ2v) is 37.1. The Bertz CT molecular complexity index is 1840. The van der Waals surface area contributed by atoms with E-state index in [-0.39, 0.29) is 51.7 Å². The van der Waals surface area contributed by atoms with Gasteiger partial charge < -0.3 is 22.8 Å². The second kappa shape index (κ2) is 20.8. The quantitative estimate of drug-likeness (QED) is 0.117. The van der Waals surface area contributed by atoms with Crippen LogP contribution in [0, 0.1) is 17.8 Å². The zero-order valence-corrected chi connectivity index (χ0v) is 45.7. The monoisotopic (exact) mass is 913 g/mol. The summed E-state index contributed by atoms with van der Waals surface area (Å²) in [6.07, 6.45) is 19.1. The Labute approximate surface area is 388 Å². The second-order valence-electron chi connectivity index (χ2n) is 23.3. The number of ether oxygens (including phenoxy) is 2. The van der Waals surface area contributed by atoms with Crippen molar-refractivity contribution in [2.75, 3.05) is 6.61 Å². The summed E-state index contributed by atoms with van der Waals surface area (Å²) < 4.78 is 36.1. The summed E-state index contributed by atoms with van der Waals surface area (Å²) >= 11 is 0. The van der Waals surface area contributed by atoms with Crippen LogP contribution in [0.4, 0.5) is 0 Å². The van der Waals surface area contributed by atoms with Gasteiger partial charge in [0, 0.05) is 13.0 Å². The molecule has 0 amide bonds. The molecule has 2 heterocycles. The molecule has 1 aliphatic carbocycles. The van der Waals surface area contributed by atoms with Gasteiger partial charge in [-0.05, 0) is 120 Å². The number of hydrogen-bond donors (Lipinski definition) is 0. The van der Waals surface area contributed by atoms with E-state index in [1.54, 1.807) is 0 Å². The molecular formula is C55H88O5Si3. The van der Waals surface area contributed by atoms with Gasteiger partial charge in [0.25, 0.3) is 8.32 Å². The average molecular weight is 914 g/mol. The summed E-state index contributed by atoms with van der Waals surface area (Å²) in [6.45, 7) is 40.2. The Morgan fingerprint density at radius 3 is 1.84 bits per heavy atom. The molecule has 2 aromatic carbocycles. The van der Waals surface area contributed by atoms with Gasteiger partial charge in [-0.25, -0.2) is 0 Å². The number of hydrogen-bond acceptors (Lipinski definition) is 5. The van der Waals surface area contributed by atoms with Crippen LogP contribution >= 0.6 is 0 Å². The van der Waals surface area contributed by atoms with Gasteiger partial charge in [-0.15, -0.1) is 0 Å². The van der Waals surface area contributed by atoms with Gasteiger partial charge in [0.05, 0.1) is 30.5 Å². The van der Waals surface area contributed by atoms with Gasteiger partial charge in [-0.2, -0.15) is 0 Å². The van der Waals surface area contributed by atoms with Crippen molar-refractivity contribution in [3.8, 4) is 0 Å². The molecule has 2 aromatic rings. The minimum Gasteiger partial charge on any atom is -0.411 e. The lowest BCUT2D eigenvalue weighted by molar-refractivity contribution is -0.144. The number of allylic oxidation sites excluding steroid dienone is 4. The summed E-state index contributed by atoms with van der Waals surface area (Å²) in [5.41, 5.74) is 2.71. The highest BCUT2D eigenvalue weighted by Crippen LogP contribution is 2.45. The lowest BCUT2D eigenvalue weighted by Gasteiger charge is -2.50. The predicted molar refractivity (Wildman–Crippen MR) is 276 cm³/mol. The molecule has 63 heavy (non-hydrogen) atoms. The zero-order valence-electron chi connectivity index (χ0n) is 42.7. The number of benzene rings is 2. The van der Waals surface area contributed by atoms with Gasteiger partial charge >= 0.3 is 0 Å². The summed E-state index contributed by atoms with van der Waals surface area (Å²) in [6, 6.07) is 22.0. The molecule has 0 N–H and O–H groups in total. The molecule has 0 unspecified atom stereocenters. The fraction of sp³-hybridized carbons (Fsp3) is 0.636. The van der Waals surface area contributed by atoms with Crippen LogP contribution in [-0.4, -0.2) is 68.2 Å². The highest BCUT2D eigenvalue weighted by molar-refractivity contribution is 6.99. The van der Waals surface area contributed by atoms with Crippen molar-refractivity contribution in [1.82, 2.24) is 0 Å². The molecule has 1 saturated heterocycles. The van der Waals surface area contributed by atoms with E-state index in [1.807, 2.05) is 0 Å². The predicted octanol–water partition coefficient (Wildman–Crippen LogP) is 13.7. The lowest BCUT2D eigenvalue weighted by Crippen LogP contribution is -2.66. The first-order chi connectivity index (χ1) is 29.3. The highest BCUT2D eigenvalue weighted by Gasteiger charge is 2.52. The molecule has 5 nitrogen and oxygen atoms in total. The average Bonchev–Trinajstić information content (AvgIpc) is 3.96. The van der Waals surface area contributed by atoms with Crippen LogP contribution in [0.15, 0.2) is 108 Å². The van der Waals surface area contributed by atoms with Crippen LogP contribution in [0.2, 0.25) is 41.3 Å². The van der Waals surface area contributed by atoms with E-state index in [9.17, 15) is 0 Å². The minimum absolute atomic E-state index is 0.0298. The Kier molecular flexibility index (Phi) is 17.1. The van der Waals surface area contributed by atoms with Crippen molar-refractivity contribution in [1.29, 1.82) is 0 Å². The van der Waals surface area contributed by atoms with Crippen LogP contribution < -0.4 is 10.4 Å². The first kappa shape index (κ1) is 51.8. The van der Waals surface area contributed by atoms with Crippen molar-refractivity contribution < 1.29 is 22.8 Å². The van der Waals surface area contributed by atoms with E-state index in [0.29, 0.717) is 24.4 Å². The standard InChI is InChI=1S/C55H88O5Si3/c1-18-48-41(3)30-33-49(58-48)42(4)37-40(2)29-31-43-38-44(43)32-34-50-52(60-62(16,17)54(8,9)10)51(59-61(14,15)53(5,6)7)39-45(57-50)35-36-56-63(55(11,12)13,46-25-21-19-22-26-46)47-27-23-20-24-28-47/h19-32,34,37,40,43-45,48-52H,18,33,35-36,38-39H2,1-17H3/b31-29+,34-32+,42-37+/t40-,43-,44-,45-,48-,49-,50+,51+,52+/m1/s1. The Morgan fingerprint density at radius 2 is 1.30 bits per heavy atom. The van der Waals surface area contributed by atoms with Gasteiger partial charge in [0.15, 0.2) is 16.6 Å². The van der Waals surface area contributed by atoms with E-state index in [0.717, 1.165) is 32.1 Å². The van der Waals surface area contributed by atoms with Gasteiger partial charge in [0.2, 0.25) is 0 Å². The maximum atomic E-state index is 7.48. The largest absolute Gasteiger partial charge is 0.411 e. The molecule has 9 atom stereocenters. The van der Waals surface area contributed by atoms with Crippen molar-refractivity contribution in [2.24, 2.45) is 17.8 Å². The summed E-state index contributed by atoms with van der Waals surface area (Å²) in [7, 11) is -7.09. The Morgan fingerprint density at radius 1 is 0.746 bits per heavy atom. The third-order valence-corrected chi connectivity index (χ3v) is 29.2. The van der Waals surface area contributed by atoms with E-state index in [1.165, 1.54) is 21.5 Å². The molecule has 350 valence electrons. The molecule has 2 fully saturated rings. The van der Waals surface area contributed by atoms with E-state index in [4.69, 9.17) is 22.8 Å². The fourth-order valence-corrected chi connectivity index (χ4v) is 16.3. The molecule has 1 saturated carbocycles. The molecule has 8 heteroatoms. The minimum atomic E-state index is -2.70. The highest BCUT2D eigenvalue weighted by atomic mass is 28.4. The summed E-state index contributed by atoms with van der Waals surface area (Å²) in [4.78, 5) is 0. The summed E-state index contributed by atoms with van der Waals surface area (Å²) in [5, 5.41) is 2.64. The molecule has 0 spiro atoms. The summed E-state index contributed by atoms with van der Waals surface area (Å²) in [5.74, 6) is 1.39. The normalized spacial score (nSPS) is 27.5. The van der Waals surface area contributed by atoms with Crippen LogP contribution in [0.1, 0.15) is 122 Å². The van der Waals surface area contributed by atoms with Gasteiger partial charge in [-0.1, -0.05) is 173 Å².